The van der Waals surface area contributed by atoms with Crippen LogP contribution < -0.4 is 5.32 Å². The molecule has 0 aromatic carbocycles. The minimum Gasteiger partial charge on any atom is -0.388 e. The monoisotopic (exact) mass is 311 g/mol. The van der Waals surface area contributed by atoms with E-state index in [0.29, 0.717) is 6.20 Å². The Morgan fingerprint density at radius 1 is 1.29 bits per heavy atom. The highest BCUT2D eigenvalue weighted by atomic mass is 19.4. The second-order valence-corrected chi connectivity index (χ2v) is 4.55. The van der Waals surface area contributed by atoms with Gasteiger partial charge in [-0.25, -0.2) is 9.37 Å². The molecule has 6 nitrogen and oxygen atoms in total. The smallest absolute Gasteiger partial charge is 0.388 e. The van der Waals surface area contributed by atoms with E-state index in [0.717, 1.165) is 6.20 Å². The van der Waals surface area contributed by atoms with E-state index in [1.54, 1.807) is 0 Å². The van der Waals surface area contributed by atoms with Crippen molar-refractivity contribution in [2.45, 2.75) is 30.5 Å². The molecule has 1 aromatic rings. The first-order valence-electron chi connectivity index (χ1n) is 6.02. The molecule has 0 radical (unpaired) electrons. The van der Waals surface area contributed by atoms with Gasteiger partial charge in [0.1, 0.15) is 30.8 Å². The Kier molecular flexibility index (Phi) is 4.59. The van der Waals surface area contributed by atoms with Crippen LogP contribution in [0.1, 0.15) is 5.69 Å². The van der Waals surface area contributed by atoms with Crippen molar-refractivity contribution in [2.24, 2.45) is 0 Å². The average Bonchev–Trinajstić information content (AvgIpc) is 2.44. The average molecular weight is 311 g/mol. The van der Waals surface area contributed by atoms with E-state index in [2.05, 4.69) is 15.3 Å². The van der Waals surface area contributed by atoms with Crippen molar-refractivity contribution in [3.63, 3.8) is 0 Å². The summed E-state index contributed by atoms with van der Waals surface area (Å²) in [5.74, 6) is -0.233. The van der Waals surface area contributed by atoms with Gasteiger partial charge in [0.05, 0.1) is 25.0 Å². The maximum Gasteiger partial charge on any atom is 0.434 e. The van der Waals surface area contributed by atoms with Crippen molar-refractivity contribution < 1.29 is 32.5 Å². The number of hydrogen-bond acceptors (Lipinski definition) is 6. The summed E-state index contributed by atoms with van der Waals surface area (Å²) in [5.41, 5.74) is -1.19. The molecular formula is C11H13F4N3O3. The third kappa shape index (κ3) is 3.57. The van der Waals surface area contributed by atoms with Crippen molar-refractivity contribution in [2.75, 3.05) is 18.6 Å². The van der Waals surface area contributed by atoms with Gasteiger partial charge in [0, 0.05) is 0 Å². The predicted molar refractivity (Wildman–Crippen MR) is 62.2 cm³/mol. The molecule has 0 spiro atoms. The fourth-order valence-corrected chi connectivity index (χ4v) is 1.91. The number of aliphatic hydroxyl groups excluding tert-OH is 2. The largest absolute Gasteiger partial charge is 0.434 e. The van der Waals surface area contributed by atoms with Crippen LogP contribution in [0.3, 0.4) is 0 Å². The number of rotatable bonds is 3. The third-order valence-corrected chi connectivity index (χ3v) is 3.04. The fraction of sp³-hybridized carbons (Fsp3) is 0.636. The quantitative estimate of drug-likeness (QED) is 0.699. The van der Waals surface area contributed by atoms with E-state index in [4.69, 9.17) is 4.74 Å². The Hall–Kier alpha value is -1.52. The lowest BCUT2D eigenvalue weighted by Crippen LogP contribution is -2.56. The second-order valence-electron chi connectivity index (χ2n) is 4.55. The summed E-state index contributed by atoms with van der Waals surface area (Å²) in [6.07, 6.45) is -7.10. The molecule has 2 rings (SSSR count). The molecule has 1 aliphatic heterocycles. The number of aromatic nitrogens is 2. The first-order valence-corrected chi connectivity index (χ1v) is 6.02. The van der Waals surface area contributed by atoms with Gasteiger partial charge in [-0.1, -0.05) is 0 Å². The first kappa shape index (κ1) is 15.9. The minimum absolute atomic E-state index is 0.190. The van der Waals surface area contributed by atoms with Crippen molar-refractivity contribution in [3.05, 3.63) is 18.1 Å². The number of nitrogens with zero attached hydrogens (tertiary/aromatic N) is 2. The van der Waals surface area contributed by atoms with Crippen LogP contribution in [-0.2, 0) is 10.9 Å². The number of halogens is 4. The Labute approximate surface area is 116 Å². The van der Waals surface area contributed by atoms with Crippen LogP contribution in [0.4, 0.5) is 23.4 Å². The molecular weight excluding hydrogens is 298 g/mol. The number of alkyl halides is 4. The van der Waals surface area contributed by atoms with Crippen molar-refractivity contribution in [3.8, 4) is 0 Å². The summed E-state index contributed by atoms with van der Waals surface area (Å²) < 4.78 is 54.9. The van der Waals surface area contributed by atoms with Crippen molar-refractivity contribution >= 4 is 5.82 Å². The molecule has 4 atom stereocenters. The van der Waals surface area contributed by atoms with Crippen LogP contribution in [-0.4, -0.2) is 57.8 Å². The van der Waals surface area contributed by atoms with Crippen LogP contribution in [0.5, 0.6) is 0 Å². The minimum atomic E-state index is -4.65. The molecule has 21 heavy (non-hydrogen) atoms. The zero-order valence-corrected chi connectivity index (χ0v) is 10.6. The van der Waals surface area contributed by atoms with E-state index in [1.165, 1.54) is 0 Å². The maximum atomic E-state index is 12.5. The summed E-state index contributed by atoms with van der Waals surface area (Å²) in [6, 6.07) is -0.930. The van der Waals surface area contributed by atoms with E-state index >= 15 is 0 Å². The number of anilines is 1. The van der Waals surface area contributed by atoms with Gasteiger partial charge < -0.3 is 20.3 Å². The summed E-state index contributed by atoms with van der Waals surface area (Å²) in [4.78, 5) is 6.72. The summed E-state index contributed by atoms with van der Waals surface area (Å²) >= 11 is 0. The number of hydrogen-bond donors (Lipinski definition) is 3. The molecule has 118 valence electrons. The maximum absolute atomic E-state index is 12.5. The van der Waals surface area contributed by atoms with Gasteiger partial charge in [-0.3, -0.25) is 4.98 Å². The lowest BCUT2D eigenvalue weighted by molar-refractivity contribution is -0.145. The Bertz CT molecular complexity index is 488. The third-order valence-electron chi connectivity index (χ3n) is 3.04. The highest BCUT2D eigenvalue weighted by Crippen LogP contribution is 2.28. The van der Waals surface area contributed by atoms with Gasteiger partial charge in [-0.15, -0.1) is 0 Å². The Balaban J connectivity index is 2.08. The van der Waals surface area contributed by atoms with E-state index in [9.17, 15) is 27.8 Å². The predicted octanol–water partition coefficient (Wildman–Crippen LogP) is 0.366. The Morgan fingerprint density at radius 3 is 2.62 bits per heavy atom. The zero-order valence-electron chi connectivity index (χ0n) is 10.6. The summed E-state index contributed by atoms with van der Waals surface area (Å²) in [5, 5.41) is 21.9. The van der Waals surface area contributed by atoms with Crippen molar-refractivity contribution in [1.29, 1.82) is 0 Å². The molecule has 2 heterocycles. The first-order chi connectivity index (χ1) is 9.82. The molecule has 0 amide bonds. The van der Waals surface area contributed by atoms with Gasteiger partial charge in [0.2, 0.25) is 0 Å². The van der Waals surface area contributed by atoms with E-state index < -0.39 is 42.9 Å². The molecule has 1 aliphatic rings. The van der Waals surface area contributed by atoms with Crippen LogP contribution in [0.15, 0.2) is 12.4 Å². The van der Waals surface area contributed by atoms with Gasteiger partial charge in [-0.05, 0) is 0 Å². The highest BCUT2D eigenvalue weighted by Gasteiger charge is 2.39. The molecule has 0 bridgehead atoms. The molecule has 0 aliphatic carbocycles. The second kappa shape index (κ2) is 6.08. The Morgan fingerprint density at radius 2 is 2.00 bits per heavy atom. The number of ether oxygens (including phenoxy) is 1. The molecule has 3 N–H and O–H groups in total. The number of nitrogens with one attached hydrogen (secondary N) is 1. The molecule has 10 heteroatoms. The SMILES string of the molecule is O[C@@H]1[C@H](O)[C@@H](Nc2cncc(C(F)(F)F)n2)CO[C@@H]1CF. The van der Waals surface area contributed by atoms with Gasteiger partial charge in [0.15, 0.2) is 5.69 Å². The van der Waals surface area contributed by atoms with Crippen LogP contribution in [0, 0.1) is 0 Å². The molecule has 1 aromatic heterocycles. The normalized spacial score (nSPS) is 30.2. The summed E-state index contributed by atoms with van der Waals surface area (Å²) in [7, 11) is 0. The van der Waals surface area contributed by atoms with Crippen LogP contribution in [0.25, 0.3) is 0 Å². The lowest BCUT2D eigenvalue weighted by Gasteiger charge is -2.37. The molecule has 0 unspecified atom stereocenters. The zero-order chi connectivity index (χ0) is 15.6. The number of aliphatic hydroxyl groups is 2. The molecule has 1 saturated heterocycles. The van der Waals surface area contributed by atoms with Crippen LogP contribution in [0.2, 0.25) is 0 Å². The highest BCUT2D eigenvalue weighted by molar-refractivity contribution is 5.34. The molecule has 1 fully saturated rings. The lowest BCUT2D eigenvalue weighted by atomic mass is 9.99. The standard InChI is InChI=1S/C11H13F4N3O3/c12-1-6-10(20)9(19)5(4-21-6)17-8-3-16-2-7(18-8)11(13,14)15/h2-3,5-6,9-10,19-20H,1,4H2,(H,17,18)/t5-,6+,9+,10-/m0/s1. The summed E-state index contributed by atoms with van der Waals surface area (Å²) in [6.45, 7) is -1.17. The van der Waals surface area contributed by atoms with Crippen LogP contribution >= 0.6 is 0 Å². The van der Waals surface area contributed by atoms with E-state index in [-0.39, 0.29) is 12.4 Å². The van der Waals surface area contributed by atoms with Crippen molar-refractivity contribution in [1.82, 2.24) is 9.97 Å². The van der Waals surface area contributed by atoms with Gasteiger partial charge in [0.25, 0.3) is 0 Å². The fourth-order valence-electron chi connectivity index (χ4n) is 1.91. The molecule has 0 saturated carbocycles. The van der Waals surface area contributed by atoms with Gasteiger partial charge in [-0.2, -0.15) is 13.2 Å². The topological polar surface area (TPSA) is 87.5 Å². The van der Waals surface area contributed by atoms with Gasteiger partial charge >= 0.3 is 6.18 Å². The van der Waals surface area contributed by atoms with E-state index in [1.807, 2.05) is 0 Å².